The van der Waals surface area contributed by atoms with Gasteiger partial charge in [-0.2, -0.15) is 4.37 Å². The molecule has 2 fully saturated rings. The monoisotopic (exact) mass is 296 g/mol. The first kappa shape index (κ1) is 13.6. The van der Waals surface area contributed by atoms with E-state index in [9.17, 15) is 4.79 Å². The van der Waals surface area contributed by atoms with Gasteiger partial charge in [0.05, 0.1) is 18.2 Å². The Labute approximate surface area is 122 Å². The van der Waals surface area contributed by atoms with Gasteiger partial charge in [0.15, 0.2) is 5.82 Å². The molecular weight excluding hydrogens is 276 g/mol. The van der Waals surface area contributed by atoms with E-state index in [0.717, 1.165) is 24.3 Å². The summed E-state index contributed by atoms with van der Waals surface area (Å²) in [7, 11) is 0. The minimum atomic E-state index is -0.169. The van der Waals surface area contributed by atoms with Crippen molar-refractivity contribution in [1.82, 2.24) is 9.69 Å². The number of nitrogens with one attached hydrogen (secondary N) is 2. The van der Waals surface area contributed by atoms with E-state index >= 15 is 0 Å². The van der Waals surface area contributed by atoms with Crippen LogP contribution in [0.5, 0.6) is 0 Å². The molecule has 3 unspecified atom stereocenters. The number of carbonyl (C=O) groups is 1. The number of nitrogens with two attached hydrogens (primary N) is 1. The summed E-state index contributed by atoms with van der Waals surface area (Å²) in [6.45, 7) is 3.84. The highest BCUT2D eigenvalue weighted by Gasteiger charge is 2.41. The third kappa shape index (κ3) is 2.47. The highest BCUT2D eigenvalue weighted by atomic mass is 32.1. The molecule has 3 heterocycles. The number of ether oxygens (including phenoxy) is 1. The zero-order valence-corrected chi connectivity index (χ0v) is 12.5. The quantitative estimate of drug-likeness (QED) is 0.785. The van der Waals surface area contributed by atoms with Gasteiger partial charge in [0, 0.05) is 6.04 Å². The Morgan fingerprint density at radius 2 is 2.30 bits per heavy atom. The van der Waals surface area contributed by atoms with Gasteiger partial charge < -0.3 is 21.1 Å². The van der Waals surface area contributed by atoms with Gasteiger partial charge in [-0.05, 0) is 44.6 Å². The third-order valence-electron chi connectivity index (χ3n) is 3.79. The van der Waals surface area contributed by atoms with Crippen molar-refractivity contribution in [3.63, 3.8) is 0 Å². The van der Waals surface area contributed by atoms with Crippen molar-refractivity contribution in [2.75, 3.05) is 11.1 Å². The van der Waals surface area contributed by atoms with E-state index in [2.05, 4.69) is 15.0 Å². The maximum atomic E-state index is 12.2. The van der Waals surface area contributed by atoms with Gasteiger partial charge in [-0.25, -0.2) is 0 Å². The second kappa shape index (κ2) is 5.21. The number of aromatic nitrogens is 1. The number of nitrogen functional groups attached to an aromatic ring is 1. The van der Waals surface area contributed by atoms with Crippen molar-refractivity contribution in [2.24, 2.45) is 0 Å². The molecule has 110 valence electrons. The summed E-state index contributed by atoms with van der Waals surface area (Å²) in [6, 6.07) is 0.333. The Morgan fingerprint density at radius 1 is 1.50 bits per heavy atom. The van der Waals surface area contributed by atoms with Gasteiger partial charge in [0.1, 0.15) is 10.6 Å². The lowest BCUT2D eigenvalue weighted by atomic mass is 9.95. The summed E-state index contributed by atoms with van der Waals surface area (Å²) < 4.78 is 9.92. The summed E-state index contributed by atoms with van der Waals surface area (Å²) in [5.74, 6) is 0.123. The Bertz CT molecular complexity index is 516. The van der Waals surface area contributed by atoms with Crippen LogP contribution in [-0.4, -0.2) is 34.6 Å². The smallest absolute Gasteiger partial charge is 0.258 e. The molecule has 6 nitrogen and oxygen atoms in total. The highest BCUT2D eigenvalue weighted by Crippen LogP contribution is 2.38. The van der Waals surface area contributed by atoms with E-state index < -0.39 is 0 Å². The number of amides is 1. The fraction of sp³-hybridized carbons (Fsp3) is 0.692. The lowest BCUT2D eigenvalue weighted by Gasteiger charge is -2.20. The fourth-order valence-corrected chi connectivity index (χ4v) is 3.69. The average Bonchev–Trinajstić information content (AvgIpc) is 3.04. The van der Waals surface area contributed by atoms with Crippen LogP contribution in [0, 0.1) is 0 Å². The van der Waals surface area contributed by atoms with Crippen LogP contribution in [0.2, 0.25) is 0 Å². The Morgan fingerprint density at radius 3 is 2.90 bits per heavy atom. The van der Waals surface area contributed by atoms with Crippen LogP contribution in [0.3, 0.4) is 0 Å². The number of nitrogens with zero attached hydrogens (tertiary/aromatic N) is 1. The Balaban J connectivity index is 1.75. The largest absolute Gasteiger partial charge is 0.382 e. The predicted molar refractivity (Wildman–Crippen MR) is 79.1 cm³/mol. The lowest BCUT2D eigenvalue weighted by Crippen LogP contribution is -2.33. The molecule has 2 aliphatic heterocycles. The van der Waals surface area contributed by atoms with Crippen LogP contribution in [0.4, 0.5) is 10.8 Å². The first-order chi connectivity index (χ1) is 9.54. The predicted octanol–water partition coefficient (Wildman–Crippen LogP) is 1.60. The second-order valence-electron chi connectivity index (χ2n) is 5.76. The van der Waals surface area contributed by atoms with Gasteiger partial charge in [0.2, 0.25) is 0 Å². The molecule has 1 amide bonds. The van der Waals surface area contributed by atoms with Gasteiger partial charge in [0.25, 0.3) is 5.91 Å². The number of hydrogen-bond donors (Lipinski definition) is 3. The minimum absolute atomic E-state index is 0.0699. The molecule has 2 aliphatic rings. The first-order valence-corrected chi connectivity index (χ1v) is 7.80. The van der Waals surface area contributed by atoms with E-state index in [1.165, 1.54) is 11.5 Å². The zero-order chi connectivity index (χ0) is 14.3. The molecule has 0 aliphatic carbocycles. The van der Waals surface area contributed by atoms with Crippen LogP contribution < -0.4 is 16.4 Å². The van der Waals surface area contributed by atoms with E-state index in [1.54, 1.807) is 0 Å². The van der Waals surface area contributed by atoms with Crippen molar-refractivity contribution < 1.29 is 9.53 Å². The van der Waals surface area contributed by atoms with Crippen molar-refractivity contribution in [3.8, 4) is 0 Å². The molecular formula is C13H20N4O2S. The maximum absolute atomic E-state index is 12.2. The number of fused-ring (bicyclic) bond motifs is 2. The molecule has 20 heavy (non-hydrogen) atoms. The van der Waals surface area contributed by atoms with Crippen LogP contribution >= 0.6 is 11.5 Å². The normalized spacial score (nSPS) is 28.1. The molecule has 0 aromatic carbocycles. The van der Waals surface area contributed by atoms with Gasteiger partial charge in [-0.1, -0.05) is 0 Å². The molecule has 4 N–H and O–H groups in total. The topological polar surface area (TPSA) is 89.3 Å². The van der Waals surface area contributed by atoms with E-state index in [0.29, 0.717) is 17.5 Å². The molecule has 2 saturated heterocycles. The molecule has 0 spiro atoms. The molecule has 3 atom stereocenters. The van der Waals surface area contributed by atoms with Crippen molar-refractivity contribution in [3.05, 3.63) is 5.56 Å². The SMILES string of the molecule is CC(C)NC(=O)c1c(N)nsc1NC1CC2CCC1O2. The fourth-order valence-electron chi connectivity index (χ4n) is 2.91. The summed E-state index contributed by atoms with van der Waals surface area (Å²) in [4.78, 5) is 12.2. The summed E-state index contributed by atoms with van der Waals surface area (Å²) >= 11 is 1.24. The highest BCUT2D eigenvalue weighted by molar-refractivity contribution is 7.11. The van der Waals surface area contributed by atoms with Crippen LogP contribution in [0.15, 0.2) is 0 Å². The Kier molecular flexibility index (Phi) is 3.55. The number of hydrogen-bond acceptors (Lipinski definition) is 6. The Hall–Kier alpha value is -1.34. The lowest BCUT2D eigenvalue weighted by molar-refractivity contribution is 0.0944. The molecule has 1 aromatic rings. The van der Waals surface area contributed by atoms with Crippen molar-refractivity contribution in [2.45, 2.75) is 57.4 Å². The molecule has 0 saturated carbocycles. The van der Waals surface area contributed by atoms with E-state index in [4.69, 9.17) is 10.5 Å². The summed E-state index contributed by atoms with van der Waals surface area (Å²) in [5, 5.41) is 7.02. The van der Waals surface area contributed by atoms with Crippen LogP contribution in [0.25, 0.3) is 0 Å². The second-order valence-corrected chi connectivity index (χ2v) is 6.53. The van der Waals surface area contributed by atoms with Crippen LogP contribution in [-0.2, 0) is 4.74 Å². The number of rotatable bonds is 4. The first-order valence-electron chi connectivity index (χ1n) is 7.02. The number of anilines is 2. The average molecular weight is 296 g/mol. The van der Waals surface area contributed by atoms with Gasteiger partial charge in [-0.15, -0.1) is 0 Å². The molecule has 0 radical (unpaired) electrons. The molecule has 7 heteroatoms. The summed E-state index contributed by atoms with van der Waals surface area (Å²) in [5.41, 5.74) is 6.30. The van der Waals surface area contributed by atoms with Gasteiger partial charge >= 0.3 is 0 Å². The molecule has 2 bridgehead atoms. The van der Waals surface area contributed by atoms with Crippen LogP contribution in [0.1, 0.15) is 43.5 Å². The van der Waals surface area contributed by atoms with E-state index in [-0.39, 0.29) is 24.1 Å². The standard InChI is InChI=1S/C13H20N4O2S/c1-6(2)15-12(18)10-11(14)17-20-13(10)16-8-5-7-3-4-9(8)19-7/h6-9,16H,3-5H2,1-2H3,(H2,14,17)(H,15,18). The van der Waals surface area contributed by atoms with Crippen molar-refractivity contribution in [1.29, 1.82) is 0 Å². The molecule has 1 aromatic heterocycles. The third-order valence-corrected chi connectivity index (χ3v) is 4.58. The van der Waals surface area contributed by atoms with Gasteiger partial charge in [-0.3, -0.25) is 4.79 Å². The molecule has 3 rings (SSSR count). The van der Waals surface area contributed by atoms with E-state index in [1.807, 2.05) is 13.8 Å². The van der Waals surface area contributed by atoms with Crippen molar-refractivity contribution >= 4 is 28.3 Å². The summed E-state index contributed by atoms with van der Waals surface area (Å²) in [6.07, 6.45) is 3.85. The maximum Gasteiger partial charge on any atom is 0.258 e. The zero-order valence-electron chi connectivity index (χ0n) is 11.7. The number of carbonyl (C=O) groups excluding carboxylic acids is 1. The minimum Gasteiger partial charge on any atom is -0.382 e.